The van der Waals surface area contributed by atoms with E-state index in [0.29, 0.717) is 22.1 Å². The summed E-state index contributed by atoms with van der Waals surface area (Å²) in [7, 11) is 1.53. The molecule has 0 bridgehead atoms. The van der Waals surface area contributed by atoms with Crippen molar-refractivity contribution in [2.75, 3.05) is 12.4 Å². The fourth-order valence-electron chi connectivity index (χ4n) is 2.65. The van der Waals surface area contributed by atoms with Crippen molar-refractivity contribution in [1.82, 2.24) is 15.6 Å². The summed E-state index contributed by atoms with van der Waals surface area (Å²) in [6, 6.07) is 12.8. The molecule has 1 heterocycles. The highest BCUT2D eigenvalue weighted by Crippen LogP contribution is 2.29. The van der Waals surface area contributed by atoms with Gasteiger partial charge in [0.2, 0.25) is 0 Å². The molecule has 0 fully saturated rings. The molecule has 1 aromatic heterocycles. The van der Waals surface area contributed by atoms with Crippen LogP contribution in [0.25, 0.3) is 0 Å². The Hall–Kier alpha value is -3.78. The van der Waals surface area contributed by atoms with Crippen LogP contribution in [0.1, 0.15) is 21.6 Å². The van der Waals surface area contributed by atoms with Gasteiger partial charge in [-0.05, 0) is 48.4 Å². The number of aromatic hydroxyl groups is 1. The monoisotopic (exact) mass is 440 g/mol. The van der Waals surface area contributed by atoms with Crippen molar-refractivity contribution in [3.63, 3.8) is 0 Å². The highest BCUT2D eigenvalue weighted by molar-refractivity contribution is 6.31. The van der Waals surface area contributed by atoms with Crippen LogP contribution in [0.5, 0.6) is 17.2 Å². The number of anilines is 1. The van der Waals surface area contributed by atoms with Gasteiger partial charge in [-0.3, -0.25) is 9.78 Å². The van der Waals surface area contributed by atoms with E-state index in [1.807, 2.05) is 0 Å². The van der Waals surface area contributed by atoms with Gasteiger partial charge in [-0.25, -0.2) is 4.79 Å². The summed E-state index contributed by atoms with van der Waals surface area (Å²) >= 11 is 6.03. The van der Waals surface area contributed by atoms with Crippen molar-refractivity contribution in [3.8, 4) is 17.2 Å². The molecule has 8 nitrogen and oxygen atoms in total. The quantitative estimate of drug-likeness (QED) is 0.428. The third-order valence-electron chi connectivity index (χ3n) is 4.33. The predicted molar refractivity (Wildman–Crippen MR) is 118 cm³/mol. The lowest BCUT2D eigenvalue weighted by Gasteiger charge is -2.11. The molecule has 0 aliphatic rings. The molecule has 3 rings (SSSR count). The first-order valence-corrected chi connectivity index (χ1v) is 9.72. The standard InChI is InChI=1S/C22H21ClN4O4/c1-13-9-20(28)18(11-17(13)23)27-22(30)26-12-14-3-5-15(6-4-14)31-16-7-8-25-19(10-16)21(29)24-2/h3-11,28H,12H2,1-2H3,(H,24,29)(H2,26,27,30). The molecule has 9 heteroatoms. The maximum absolute atomic E-state index is 12.1. The minimum Gasteiger partial charge on any atom is -0.506 e. The number of hydrogen-bond acceptors (Lipinski definition) is 5. The number of hydrogen-bond donors (Lipinski definition) is 4. The molecule has 2 aromatic carbocycles. The van der Waals surface area contributed by atoms with Gasteiger partial charge in [0.25, 0.3) is 5.91 Å². The number of carbonyl (C=O) groups is 2. The second-order valence-electron chi connectivity index (χ2n) is 6.63. The van der Waals surface area contributed by atoms with Crippen LogP contribution in [0.15, 0.2) is 54.7 Å². The fraction of sp³-hybridized carbons (Fsp3) is 0.136. The molecular weight excluding hydrogens is 420 g/mol. The Kier molecular flexibility index (Phi) is 6.94. The molecule has 160 valence electrons. The molecule has 0 aliphatic carbocycles. The van der Waals surface area contributed by atoms with E-state index in [0.717, 1.165) is 5.56 Å². The molecule has 0 radical (unpaired) electrons. The number of aryl methyl sites for hydroxylation is 1. The largest absolute Gasteiger partial charge is 0.506 e. The number of aromatic nitrogens is 1. The Morgan fingerprint density at radius 1 is 1.10 bits per heavy atom. The number of nitrogens with zero attached hydrogens (tertiary/aromatic N) is 1. The van der Waals surface area contributed by atoms with Crippen LogP contribution in [0.2, 0.25) is 5.02 Å². The Morgan fingerprint density at radius 3 is 2.55 bits per heavy atom. The van der Waals surface area contributed by atoms with Crippen LogP contribution in [0, 0.1) is 6.92 Å². The topological polar surface area (TPSA) is 113 Å². The van der Waals surface area contributed by atoms with E-state index < -0.39 is 6.03 Å². The minimum atomic E-state index is -0.478. The molecule has 0 unspecified atom stereocenters. The normalized spacial score (nSPS) is 10.3. The van der Waals surface area contributed by atoms with E-state index >= 15 is 0 Å². The minimum absolute atomic E-state index is 0.0609. The van der Waals surface area contributed by atoms with Crippen LogP contribution < -0.4 is 20.7 Å². The van der Waals surface area contributed by atoms with Gasteiger partial charge in [0.15, 0.2) is 0 Å². The summed E-state index contributed by atoms with van der Waals surface area (Å²) in [5, 5.41) is 18.1. The second kappa shape index (κ2) is 9.82. The number of halogens is 1. The molecule has 0 spiro atoms. The number of phenols is 1. The zero-order valence-electron chi connectivity index (χ0n) is 16.9. The van der Waals surface area contributed by atoms with Crippen LogP contribution in [-0.2, 0) is 6.54 Å². The molecular formula is C22H21ClN4O4. The Balaban J connectivity index is 1.55. The number of rotatable bonds is 6. The van der Waals surface area contributed by atoms with E-state index in [1.165, 1.54) is 25.4 Å². The average Bonchev–Trinajstić information content (AvgIpc) is 2.76. The summed E-state index contributed by atoms with van der Waals surface area (Å²) in [4.78, 5) is 27.8. The molecule has 0 aliphatic heterocycles. The Bertz CT molecular complexity index is 1100. The van der Waals surface area contributed by atoms with E-state index in [1.54, 1.807) is 43.3 Å². The zero-order chi connectivity index (χ0) is 22.4. The molecule has 0 saturated heterocycles. The second-order valence-corrected chi connectivity index (χ2v) is 7.04. The van der Waals surface area contributed by atoms with Gasteiger partial charge in [0.1, 0.15) is 22.9 Å². The average molecular weight is 441 g/mol. The van der Waals surface area contributed by atoms with Gasteiger partial charge < -0.3 is 25.8 Å². The molecule has 4 N–H and O–H groups in total. The number of phenolic OH excluding ortho intramolecular Hbond substituents is 1. The van der Waals surface area contributed by atoms with E-state index in [-0.39, 0.29) is 29.6 Å². The summed E-state index contributed by atoms with van der Waals surface area (Å²) in [6.45, 7) is 2.03. The third kappa shape index (κ3) is 5.86. The van der Waals surface area contributed by atoms with Gasteiger partial charge in [-0.15, -0.1) is 0 Å². The van der Waals surface area contributed by atoms with Crippen molar-refractivity contribution in [3.05, 3.63) is 76.6 Å². The molecule has 3 aromatic rings. The number of amides is 3. The van der Waals surface area contributed by atoms with Gasteiger partial charge in [-0.1, -0.05) is 23.7 Å². The lowest BCUT2D eigenvalue weighted by molar-refractivity contribution is 0.0958. The van der Waals surface area contributed by atoms with Gasteiger partial charge >= 0.3 is 6.03 Å². The third-order valence-corrected chi connectivity index (χ3v) is 4.74. The molecule has 0 atom stereocenters. The molecule has 3 amide bonds. The number of benzene rings is 2. The summed E-state index contributed by atoms with van der Waals surface area (Å²) < 4.78 is 5.75. The maximum atomic E-state index is 12.1. The smallest absolute Gasteiger partial charge is 0.319 e. The number of carbonyl (C=O) groups excluding carboxylic acids is 2. The van der Waals surface area contributed by atoms with E-state index in [9.17, 15) is 14.7 Å². The summed E-state index contributed by atoms with van der Waals surface area (Å²) in [5.74, 6) is 0.692. The fourth-order valence-corrected chi connectivity index (χ4v) is 2.82. The lowest BCUT2D eigenvalue weighted by Crippen LogP contribution is -2.28. The first-order chi connectivity index (χ1) is 14.9. The van der Waals surface area contributed by atoms with Crippen molar-refractivity contribution >= 4 is 29.2 Å². The SMILES string of the molecule is CNC(=O)c1cc(Oc2ccc(CNC(=O)Nc3cc(Cl)c(C)cc3O)cc2)ccn1. The first-order valence-electron chi connectivity index (χ1n) is 9.34. The lowest BCUT2D eigenvalue weighted by atomic mass is 10.2. The van der Waals surface area contributed by atoms with Crippen molar-refractivity contribution in [2.24, 2.45) is 0 Å². The van der Waals surface area contributed by atoms with Crippen LogP contribution in [0.4, 0.5) is 10.5 Å². The van der Waals surface area contributed by atoms with Crippen LogP contribution in [0.3, 0.4) is 0 Å². The first kappa shape index (κ1) is 21.9. The zero-order valence-corrected chi connectivity index (χ0v) is 17.7. The van der Waals surface area contributed by atoms with E-state index in [2.05, 4.69) is 20.9 Å². The number of pyridine rings is 1. The molecule has 0 saturated carbocycles. The van der Waals surface area contributed by atoms with Gasteiger partial charge in [-0.2, -0.15) is 0 Å². The Morgan fingerprint density at radius 2 is 1.84 bits per heavy atom. The highest BCUT2D eigenvalue weighted by atomic mass is 35.5. The number of nitrogens with one attached hydrogen (secondary N) is 3. The number of urea groups is 1. The van der Waals surface area contributed by atoms with Crippen molar-refractivity contribution < 1.29 is 19.4 Å². The molecule has 31 heavy (non-hydrogen) atoms. The highest BCUT2D eigenvalue weighted by Gasteiger charge is 2.10. The van der Waals surface area contributed by atoms with Crippen LogP contribution in [-0.4, -0.2) is 29.1 Å². The van der Waals surface area contributed by atoms with Crippen molar-refractivity contribution in [1.29, 1.82) is 0 Å². The van der Waals surface area contributed by atoms with Gasteiger partial charge in [0, 0.05) is 30.9 Å². The van der Waals surface area contributed by atoms with Crippen LogP contribution >= 0.6 is 11.6 Å². The Labute approximate surface area is 184 Å². The predicted octanol–water partition coefficient (Wildman–Crippen LogP) is 4.22. The maximum Gasteiger partial charge on any atom is 0.319 e. The summed E-state index contributed by atoms with van der Waals surface area (Å²) in [5.41, 5.74) is 2.04. The summed E-state index contributed by atoms with van der Waals surface area (Å²) in [6.07, 6.45) is 1.50. The van der Waals surface area contributed by atoms with Gasteiger partial charge in [0.05, 0.1) is 5.69 Å². The van der Waals surface area contributed by atoms with Crippen molar-refractivity contribution in [2.45, 2.75) is 13.5 Å². The number of ether oxygens (including phenoxy) is 1. The van der Waals surface area contributed by atoms with E-state index in [4.69, 9.17) is 16.3 Å².